The van der Waals surface area contributed by atoms with E-state index in [1.165, 1.54) is 6.07 Å². The number of fused-ring (bicyclic) bond motifs is 1. The van der Waals surface area contributed by atoms with Gasteiger partial charge in [0.2, 0.25) is 5.91 Å². The number of halogens is 1. The van der Waals surface area contributed by atoms with Crippen LogP contribution in [0.25, 0.3) is 17.0 Å². The maximum Gasteiger partial charge on any atom is 0.225 e. The molecule has 2 saturated heterocycles. The summed E-state index contributed by atoms with van der Waals surface area (Å²) in [5.74, 6) is 1.60. The number of piperazine rings is 1. The van der Waals surface area contributed by atoms with Gasteiger partial charge in [0.15, 0.2) is 11.5 Å². The molecule has 2 aliphatic heterocycles. The molecule has 0 spiro atoms. The lowest BCUT2D eigenvalue weighted by Crippen LogP contribution is -2.52. The minimum atomic E-state index is -0.209. The first-order valence-corrected chi connectivity index (χ1v) is 12.5. The zero-order valence-electron chi connectivity index (χ0n) is 20.0. The maximum absolute atomic E-state index is 14.1. The largest absolute Gasteiger partial charge is 0.366 e. The number of piperidine rings is 1. The molecule has 0 atom stereocenters. The van der Waals surface area contributed by atoms with Gasteiger partial charge < -0.3 is 14.7 Å². The average Bonchev–Trinajstić information content (AvgIpc) is 3.37. The van der Waals surface area contributed by atoms with Crippen molar-refractivity contribution in [1.29, 1.82) is 0 Å². The molecule has 0 bridgehead atoms. The van der Waals surface area contributed by atoms with Crippen LogP contribution in [0.3, 0.4) is 0 Å². The molecule has 0 saturated carbocycles. The summed E-state index contributed by atoms with van der Waals surface area (Å²) in [7, 11) is 0. The number of nitrogens with zero attached hydrogens (tertiary/aromatic N) is 7. The number of hydrogen-bond acceptors (Lipinski definition) is 6. The minimum Gasteiger partial charge on any atom is -0.366 e. The van der Waals surface area contributed by atoms with Gasteiger partial charge in [0.05, 0.1) is 5.69 Å². The van der Waals surface area contributed by atoms with Crippen LogP contribution in [-0.2, 0) is 4.79 Å². The molecule has 9 heteroatoms. The Bertz CT molecular complexity index is 1360. The number of amides is 1. The molecule has 1 amide bonds. The van der Waals surface area contributed by atoms with Crippen LogP contribution in [0, 0.1) is 11.7 Å². The van der Waals surface area contributed by atoms with Gasteiger partial charge in [-0.25, -0.2) is 4.39 Å². The molecule has 4 heterocycles. The monoisotopic (exact) mass is 485 g/mol. The summed E-state index contributed by atoms with van der Waals surface area (Å²) in [6.45, 7) is 4.10. The van der Waals surface area contributed by atoms with E-state index in [0.29, 0.717) is 43.3 Å². The normalized spacial score (nSPS) is 17.1. The van der Waals surface area contributed by atoms with Crippen LogP contribution in [-0.4, -0.2) is 69.9 Å². The van der Waals surface area contributed by atoms with E-state index in [2.05, 4.69) is 15.1 Å². The Labute approximate surface area is 209 Å². The standard InChI is InChI=1S/C27H28FN7O/c28-22-8-4-5-9-23(22)32-16-18-34(19-17-32)27(36)21-12-14-33(15-13-21)25-11-10-24-29-30-26(35(24)31-25)20-6-2-1-3-7-20/h1-11,21H,12-19H2. The Morgan fingerprint density at radius 3 is 2.25 bits per heavy atom. The molecule has 0 radical (unpaired) electrons. The Morgan fingerprint density at radius 1 is 0.778 bits per heavy atom. The lowest BCUT2D eigenvalue weighted by atomic mass is 9.95. The lowest BCUT2D eigenvalue weighted by Gasteiger charge is -2.39. The molecule has 4 aromatic rings. The number of rotatable bonds is 4. The molecule has 184 valence electrons. The summed E-state index contributed by atoms with van der Waals surface area (Å²) in [5.41, 5.74) is 2.29. The van der Waals surface area contributed by atoms with Gasteiger partial charge in [0.1, 0.15) is 11.6 Å². The first-order chi connectivity index (χ1) is 17.7. The molecular formula is C27H28FN7O. The highest BCUT2D eigenvalue weighted by atomic mass is 19.1. The first kappa shape index (κ1) is 22.5. The van der Waals surface area contributed by atoms with Gasteiger partial charge in [0, 0.05) is 50.7 Å². The van der Waals surface area contributed by atoms with E-state index in [1.54, 1.807) is 16.6 Å². The van der Waals surface area contributed by atoms with Crippen molar-refractivity contribution in [2.45, 2.75) is 12.8 Å². The summed E-state index contributed by atoms with van der Waals surface area (Å²) >= 11 is 0. The fraction of sp³-hybridized carbons (Fsp3) is 0.333. The Morgan fingerprint density at radius 2 is 1.50 bits per heavy atom. The molecule has 2 aromatic heterocycles. The van der Waals surface area contributed by atoms with Gasteiger partial charge in [-0.15, -0.1) is 15.3 Å². The van der Waals surface area contributed by atoms with Crippen LogP contribution in [0.2, 0.25) is 0 Å². The average molecular weight is 486 g/mol. The number of carbonyl (C=O) groups is 1. The molecule has 6 rings (SSSR count). The van der Waals surface area contributed by atoms with E-state index in [4.69, 9.17) is 5.10 Å². The van der Waals surface area contributed by atoms with Gasteiger partial charge in [0.25, 0.3) is 0 Å². The Hall–Kier alpha value is -4.01. The second-order valence-corrected chi connectivity index (χ2v) is 9.38. The van der Waals surface area contributed by atoms with Gasteiger partial charge in [-0.1, -0.05) is 42.5 Å². The fourth-order valence-corrected chi connectivity index (χ4v) is 5.20. The van der Waals surface area contributed by atoms with E-state index in [1.807, 2.05) is 58.3 Å². The molecule has 2 aromatic carbocycles. The summed E-state index contributed by atoms with van der Waals surface area (Å²) in [6.07, 6.45) is 1.58. The third kappa shape index (κ3) is 4.25. The van der Waals surface area contributed by atoms with E-state index in [-0.39, 0.29) is 17.6 Å². The molecule has 2 fully saturated rings. The van der Waals surface area contributed by atoms with E-state index in [0.717, 1.165) is 37.3 Å². The SMILES string of the molecule is O=C(C1CCN(c2ccc3nnc(-c4ccccc4)n3n2)CC1)N1CCN(c2ccccc2F)CC1. The third-order valence-electron chi connectivity index (χ3n) is 7.23. The van der Waals surface area contributed by atoms with Crippen molar-refractivity contribution in [1.82, 2.24) is 24.7 Å². The van der Waals surface area contributed by atoms with Crippen LogP contribution in [0.4, 0.5) is 15.9 Å². The predicted molar refractivity (Wildman–Crippen MR) is 136 cm³/mol. The molecular weight excluding hydrogens is 457 g/mol. The number of benzene rings is 2. The van der Waals surface area contributed by atoms with E-state index in [9.17, 15) is 9.18 Å². The molecule has 8 nitrogen and oxygen atoms in total. The lowest BCUT2D eigenvalue weighted by molar-refractivity contribution is -0.136. The van der Waals surface area contributed by atoms with Gasteiger partial charge >= 0.3 is 0 Å². The van der Waals surface area contributed by atoms with Gasteiger partial charge in [-0.3, -0.25) is 4.79 Å². The van der Waals surface area contributed by atoms with E-state index < -0.39 is 0 Å². The first-order valence-electron chi connectivity index (χ1n) is 12.5. The third-order valence-corrected chi connectivity index (χ3v) is 7.23. The number of aromatic nitrogens is 4. The molecule has 0 aliphatic carbocycles. The van der Waals surface area contributed by atoms with E-state index >= 15 is 0 Å². The van der Waals surface area contributed by atoms with Crippen molar-refractivity contribution in [3.05, 3.63) is 72.5 Å². The Kier molecular flexibility index (Phi) is 5.96. The molecule has 36 heavy (non-hydrogen) atoms. The number of carbonyl (C=O) groups excluding carboxylic acids is 1. The topological polar surface area (TPSA) is 69.9 Å². The summed E-state index contributed by atoms with van der Waals surface area (Å²) in [6, 6.07) is 20.7. The Balaban J connectivity index is 1.08. The van der Waals surface area contributed by atoms with Crippen molar-refractivity contribution in [3.63, 3.8) is 0 Å². The highest BCUT2D eigenvalue weighted by Gasteiger charge is 2.31. The number of anilines is 2. The zero-order valence-corrected chi connectivity index (χ0v) is 20.0. The van der Waals surface area contributed by atoms with Crippen LogP contribution in [0.5, 0.6) is 0 Å². The minimum absolute atomic E-state index is 0.0137. The molecule has 2 aliphatic rings. The zero-order chi connectivity index (χ0) is 24.5. The summed E-state index contributed by atoms with van der Waals surface area (Å²) < 4.78 is 15.9. The second kappa shape index (κ2) is 9.56. The van der Waals surface area contributed by atoms with Crippen molar-refractivity contribution < 1.29 is 9.18 Å². The van der Waals surface area contributed by atoms with Crippen molar-refractivity contribution in [2.75, 3.05) is 49.1 Å². The molecule has 0 unspecified atom stereocenters. The maximum atomic E-state index is 14.1. The highest BCUT2D eigenvalue weighted by molar-refractivity contribution is 5.79. The second-order valence-electron chi connectivity index (χ2n) is 9.38. The smallest absolute Gasteiger partial charge is 0.225 e. The number of para-hydroxylation sites is 1. The summed E-state index contributed by atoms with van der Waals surface area (Å²) in [5, 5.41) is 13.4. The fourth-order valence-electron chi connectivity index (χ4n) is 5.20. The highest BCUT2D eigenvalue weighted by Crippen LogP contribution is 2.26. The van der Waals surface area contributed by atoms with Crippen molar-refractivity contribution in [3.8, 4) is 11.4 Å². The van der Waals surface area contributed by atoms with Gasteiger partial charge in [-0.05, 0) is 37.1 Å². The predicted octanol–water partition coefficient (Wildman–Crippen LogP) is 3.50. The quantitative estimate of drug-likeness (QED) is 0.441. The van der Waals surface area contributed by atoms with Crippen LogP contribution < -0.4 is 9.80 Å². The van der Waals surface area contributed by atoms with Gasteiger partial charge in [-0.2, -0.15) is 4.52 Å². The summed E-state index contributed by atoms with van der Waals surface area (Å²) in [4.78, 5) is 19.4. The molecule has 0 N–H and O–H groups in total. The van der Waals surface area contributed by atoms with Crippen LogP contribution >= 0.6 is 0 Å². The van der Waals surface area contributed by atoms with Crippen molar-refractivity contribution >= 4 is 23.1 Å². The van der Waals surface area contributed by atoms with Crippen LogP contribution in [0.1, 0.15) is 12.8 Å². The van der Waals surface area contributed by atoms with Crippen molar-refractivity contribution in [2.24, 2.45) is 5.92 Å². The van der Waals surface area contributed by atoms with Crippen LogP contribution in [0.15, 0.2) is 66.7 Å². The number of hydrogen-bond donors (Lipinski definition) is 0.